The van der Waals surface area contributed by atoms with Crippen molar-refractivity contribution in [2.75, 3.05) is 38.2 Å². The first-order valence-electron chi connectivity index (χ1n) is 5.11. The number of benzene rings is 1. The van der Waals surface area contributed by atoms with Gasteiger partial charge in [0.15, 0.2) is 11.6 Å². The van der Waals surface area contributed by atoms with Crippen molar-refractivity contribution in [3.8, 4) is 5.75 Å². The summed E-state index contributed by atoms with van der Waals surface area (Å²) in [6.07, 6.45) is 0. The van der Waals surface area contributed by atoms with Gasteiger partial charge in [-0.1, -0.05) is 6.07 Å². The van der Waals surface area contributed by atoms with Crippen molar-refractivity contribution < 1.29 is 9.13 Å². The van der Waals surface area contributed by atoms with Gasteiger partial charge in [-0.25, -0.2) is 4.39 Å². The summed E-state index contributed by atoms with van der Waals surface area (Å²) in [5, 5.41) is 3.26. The molecule has 0 unspecified atom stereocenters. The van der Waals surface area contributed by atoms with Gasteiger partial charge in [0.1, 0.15) is 0 Å². The molecule has 0 radical (unpaired) electrons. The highest BCUT2D eigenvalue weighted by molar-refractivity contribution is 5.59. The highest BCUT2D eigenvalue weighted by Gasteiger charge is 2.16. The highest BCUT2D eigenvalue weighted by Crippen LogP contribution is 2.30. The van der Waals surface area contributed by atoms with Crippen LogP contribution in [0.2, 0.25) is 0 Å². The Morgan fingerprint density at radius 3 is 2.73 bits per heavy atom. The molecule has 1 aromatic carbocycles. The van der Waals surface area contributed by atoms with Crippen LogP contribution in [0.3, 0.4) is 0 Å². The molecule has 0 aliphatic carbocycles. The number of nitrogens with one attached hydrogen (secondary N) is 1. The second kappa shape index (κ2) is 4.49. The molecule has 15 heavy (non-hydrogen) atoms. The molecule has 1 aliphatic heterocycles. The molecule has 4 heteroatoms. The lowest BCUT2D eigenvalue weighted by atomic mass is 10.2. The third kappa shape index (κ3) is 2.04. The lowest BCUT2D eigenvalue weighted by Gasteiger charge is -2.30. The van der Waals surface area contributed by atoms with Gasteiger partial charge >= 0.3 is 0 Å². The van der Waals surface area contributed by atoms with Crippen LogP contribution < -0.4 is 15.0 Å². The monoisotopic (exact) mass is 210 g/mol. The molecule has 0 saturated carbocycles. The van der Waals surface area contributed by atoms with Crippen LogP contribution in [0.25, 0.3) is 0 Å². The van der Waals surface area contributed by atoms with Crippen LogP contribution in [0.15, 0.2) is 18.2 Å². The molecule has 1 aromatic rings. The van der Waals surface area contributed by atoms with E-state index in [0.29, 0.717) is 5.75 Å². The Labute approximate surface area is 88.8 Å². The van der Waals surface area contributed by atoms with Crippen LogP contribution in [0.1, 0.15) is 0 Å². The van der Waals surface area contributed by atoms with Crippen LogP contribution in [-0.4, -0.2) is 33.3 Å². The van der Waals surface area contributed by atoms with Crippen molar-refractivity contribution in [2.45, 2.75) is 0 Å². The van der Waals surface area contributed by atoms with Crippen molar-refractivity contribution in [1.29, 1.82) is 0 Å². The van der Waals surface area contributed by atoms with Gasteiger partial charge in [-0.05, 0) is 12.1 Å². The minimum atomic E-state index is -0.298. The van der Waals surface area contributed by atoms with Gasteiger partial charge in [-0.3, -0.25) is 0 Å². The standard InChI is InChI=1S/C11H15FN2O/c1-15-11-9(12)3-2-4-10(11)14-7-5-13-6-8-14/h2-4,13H,5-8H2,1H3. The van der Waals surface area contributed by atoms with Gasteiger partial charge in [0.2, 0.25) is 0 Å². The van der Waals surface area contributed by atoms with E-state index < -0.39 is 0 Å². The van der Waals surface area contributed by atoms with Gasteiger partial charge in [-0.2, -0.15) is 0 Å². The van der Waals surface area contributed by atoms with Crippen LogP contribution in [0, 0.1) is 5.82 Å². The van der Waals surface area contributed by atoms with Gasteiger partial charge in [-0.15, -0.1) is 0 Å². The number of hydrogen-bond acceptors (Lipinski definition) is 3. The maximum Gasteiger partial charge on any atom is 0.177 e. The minimum absolute atomic E-state index is 0.298. The van der Waals surface area contributed by atoms with Crippen LogP contribution >= 0.6 is 0 Å². The van der Waals surface area contributed by atoms with E-state index in [2.05, 4.69) is 10.2 Å². The third-order valence-electron chi connectivity index (χ3n) is 2.61. The molecular weight excluding hydrogens is 195 g/mol. The molecule has 1 N–H and O–H groups in total. The molecule has 3 nitrogen and oxygen atoms in total. The van der Waals surface area contributed by atoms with Crippen molar-refractivity contribution >= 4 is 5.69 Å². The Hall–Kier alpha value is -1.29. The molecular formula is C11H15FN2O. The predicted molar refractivity (Wildman–Crippen MR) is 58.0 cm³/mol. The highest BCUT2D eigenvalue weighted by atomic mass is 19.1. The van der Waals surface area contributed by atoms with Crippen LogP contribution in [0.5, 0.6) is 5.75 Å². The normalized spacial score (nSPS) is 16.5. The second-order valence-corrected chi connectivity index (χ2v) is 3.53. The smallest absolute Gasteiger partial charge is 0.177 e. The fraction of sp³-hybridized carbons (Fsp3) is 0.455. The molecule has 0 bridgehead atoms. The Morgan fingerprint density at radius 1 is 1.33 bits per heavy atom. The molecule has 82 valence electrons. The van der Waals surface area contributed by atoms with Crippen LogP contribution in [-0.2, 0) is 0 Å². The molecule has 1 heterocycles. The number of piperazine rings is 1. The third-order valence-corrected chi connectivity index (χ3v) is 2.61. The van der Waals surface area contributed by atoms with Crippen molar-refractivity contribution in [2.24, 2.45) is 0 Å². The molecule has 1 aliphatic rings. The van der Waals surface area contributed by atoms with E-state index in [1.165, 1.54) is 13.2 Å². The molecule has 0 amide bonds. The number of nitrogens with zero attached hydrogens (tertiary/aromatic N) is 1. The number of methoxy groups -OCH3 is 1. The maximum absolute atomic E-state index is 13.4. The summed E-state index contributed by atoms with van der Waals surface area (Å²) in [6.45, 7) is 3.64. The number of halogens is 1. The van der Waals surface area contributed by atoms with E-state index in [9.17, 15) is 4.39 Å². The fourth-order valence-electron chi connectivity index (χ4n) is 1.85. The first kappa shape index (κ1) is 10.2. The molecule has 2 rings (SSSR count). The van der Waals surface area contributed by atoms with E-state index in [1.807, 2.05) is 6.07 Å². The number of rotatable bonds is 2. The number of anilines is 1. The van der Waals surface area contributed by atoms with Gasteiger partial charge in [0, 0.05) is 26.2 Å². The summed E-state index contributed by atoms with van der Waals surface area (Å²) in [4.78, 5) is 2.14. The zero-order valence-electron chi connectivity index (χ0n) is 8.79. The Kier molecular flexibility index (Phi) is 3.06. The Bertz CT molecular complexity index is 337. The van der Waals surface area contributed by atoms with Gasteiger partial charge < -0.3 is 15.0 Å². The van der Waals surface area contributed by atoms with E-state index in [1.54, 1.807) is 6.07 Å². The lowest BCUT2D eigenvalue weighted by Crippen LogP contribution is -2.43. The van der Waals surface area contributed by atoms with Crippen LogP contribution in [0.4, 0.5) is 10.1 Å². The Balaban J connectivity index is 2.29. The maximum atomic E-state index is 13.4. The average Bonchev–Trinajstić information content (AvgIpc) is 2.30. The topological polar surface area (TPSA) is 24.5 Å². The van der Waals surface area contributed by atoms with Gasteiger partial charge in [0.25, 0.3) is 0 Å². The summed E-state index contributed by atoms with van der Waals surface area (Å²) < 4.78 is 18.5. The van der Waals surface area contributed by atoms with E-state index in [0.717, 1.165) is 31.9 Å². The van der Waals surface area contributed by atoms with Crippen molar-refractivity contribution in [1.82, 2.24) is 5.32 Å². The quantitative estimate of drug-likeness (QED) is 0.795. The SMILES string of the molecule is COc1c(F)cccc1N1CCNCC1. The molecule has 0 spiro atoms. The molecule has 0 aromatic heterocycles. The van der Waals surface area contributed by atoms with Gasteiger partial charge in [0.05, 0.1) is 12.8 Å². The van der Waals surface area contributed by atoms with Crippen molar-refractivity contribution in [3.63, 3.8) is 0 Å². The average molecular weight is 210 g/mol. The largest absolute Gasteiger partial charge is 0.492 e. The zero-order chi connectivity index (χ0) is 10.7. The lowest BCUT2D eigenvalue weighted by molar-refractivity contribution is 0.385. The number of ether oxygens (including phenoxy) is 1. The number of hydrogen-bond donors (Lipinski definition) is 1. The second-order valence-electron chi connectivity index (χ2n) is 3.53. The minimum Gasteiger partial charge on any atom is -0.492 e. The number of para-hydroxylation sites is 1. The predicted octanol–water partition coefficient (Wildman–Crippen LogP) is 1.24. The summed E-state index contributed by atoms with van der Waals surface area (Å²) in [5.74, 6) is 0.0490. The summed E-state index contributed by atoms with van der Waals surface area (Å²) >= 11 is 0. The first-order chi connectivity index (χ1) is 7.33. The summed E-state index contributed by atoms with van der Waals surface area (Å²) in [7, 11) is 1.50. The van der Waals surface area contributed by atoms with Crippen molar-refractivity contribution in [3.05, 3.63) is 24.0 Å². The molecule has 0 atom stereocenters. The summed E-state index contributed by atoms with van der Waals surface area (Å²) in [6, 6.07) is 5.03. The van der Waals surface area contributed by atoms with E-state index >= 15 is 0 Å². The van der Waals surface area contributed by atoms with E-state index in [-0.39, 0.29) is 5.82 Å². The Morgan fingerprint density at radius 2 is 2.07 bits per heavy atom. The molecule has 1 saturated heterocycles. The first-order valence-corrected chi connectivity index (χ1v) is 5.11. The zero-order valence-corrected chi connectivity index (χ0v) is 8.79. The fourth-order valence-corrected chi connectivity index (χ4v) is 1.85. The summed E-state index contributed by atoms with van der Waals surface area (Å²) in [5.41, 5.74) is 0.846. The molecule has 1 fully saturated rings. The van der Waals surface area contributed by atoms with E-state index in [4.69, 9.17) is 4.74 Å².